The number of likely N-dealkylation sites (tertiary alicyclic amines) is 1. The maximum atomic E-state index is 12.7. The number of nitrogens with one attached hydrogen (secondary N) is 2. The number of amides is 1. The van der Waals surface area contributed by atoms with Crippen LogP contribution in [0.3, 0.4) is 0 Å². The average Bonchev–Trinajstić information content (AvgIpc) is 3.54. The predicted molar refractivity (Wildman–Crippen MR) is 118 cm³/mol. The maximum absolute atomic E-state index is 12.7. The van der Waals surface area contributed by atoms with Gasteiger partial charge in [0.2, 0.25) is 5.91 Å². The summed E-state index contributed by atoms with van der Waals surface area (Å²) in [4.78, 5) is 19.4. The summed E-state index contributed by atoms with van der Waals surface area (Å²) in [5.41, 5.74) is 1.95. The van der Waals surface area contributed by atoms with Crippen molar-refractivity contribution in [2.24, 2.45) is 10.9 Å². The molecule has 1 unspecified atom stereocenters. The van der Waals surface area contributed by atoms with Crippen molar-refractivity contribution in [2.45, 2.75) is 51.6 Å². The molecule has 2 fully saturated rings. The lowest BCUT2D eigenvalue weighted by atomic mass is 10.1. The molecular formula is C23H32N6O. The standard InChI is InChI=1S/C23H32N6O/c1-2-24-23(25-16-19-13-15-29(27-19)21-10-4-3-5-11-21)26-20-12-14-28(17-20)22(30)18-8-6-7-9-18/h3-5,10-11,13,15,18,20H,2,6-9,12,14,16-17H2,1H3,(H2,24,25,26). The van der Waals surface area contributed by atoms with Crippen LogP contribution in [0.4, 0.5) is 0 Å². The monoisotopic (exact) mass is 408 g/mol. The Bertz CT molecular complexity index is 856. The Labute approximate surface area is 178 Å². The summed E-state index contributed by atoms with van der Waals surface area (Å²) in [6.07, 6.45) is 7.45. The zero-order valence-corrected chi connectivity index (χ0v) is 17.8. The number of guanidine groups is 1. The van der Waals surface area contributed by atoms with E-state index in [-0.39, 0.29) is 12.0 Å². The lowest BCUT2D eigenvalue weighted by Gasteiger charge is -2.21. The van der Waals surface area contributed by atoms with Crippen LogP contribution in [0, 0.1) is 5.92 Å². The van der Waals surface area contributed by atoms with Gasteiger partial charge in [0.15, 0.2) is 5.96 Å². The normalized spacial score (nSPS) is 20.0. The van der Waals surface area contributed by atoms with Crippen molar-refractivity contribution in [3.05, 3.63) is 48.3 Å². The molecule has 7 nitrogen and oxygen atoms in total. The van der Waals surface area contributed by atoms with Crippen molar-refractivity contribution >= 4 is 11.9 Å². The third kappa shape index (κ3) is 5.01. The van der Waals surface area contributed by atoms with Crippen LogP contribution in [0.2, 0.25) is 0 Å². The summed E-state index contributed by atoms with van der Waals surface area (Å²) < 4.78 is 1.87. The summed E-state index contributed by atoms with van der Waals surface area (Å²) in [5.74, 6) is 1.39. The highest BCUT2D eigenvalue weighted by molar-refractivity contribution is 5.81. The van der Waals surface area contributed by atoms with Gasteiger partial charge in [-0.25, -0.2) is 9.67 Å². The number of carbonyl (C=O) groups is 1. The van der Waals surface area contributed by atoms with Gasteiger partial charge in [0.25, 0.3) is 0 Å². The molecule has 1 aromatic heterocycles. The van der Waals surface area contributed by atoms with Crippen LogP contribution >= 0.6 is 0 Å². The maximum Gasteiger partial charge on any atom is 0.225 e. The van der Waals surface area contributed by atoms with E-state index in [1.54, 1.807) is 0 Å². The van der Waals surface area contributed by atoms with E-state index in [9.17, 15) is 4.79 Å². The smallest absolute Gasteiger partial charge is 0.225 e. The molecule has 2 heterocycles. The minimum absolute atomic E-state index is 0.245. The van der Waals surface area contributed by atoms with Crippen molar-refractivity contribution in [3.8, 4) is 5.69 Å². The average molecular weight is 409 g/mol. The van der Waals surface area contributed by atoms with Crippen molar-refractivity contribution in [1.82, 2.24) is 25.3 Å². The van der Waals surface area contributed by atoms with E-state index in [4.69, 9.17) is 4.99 Å². The van der Waals surface area contributed by atoms with Gasteiger partial charge >= 0.3 is 0 Å². The van der Waals surface area contributed by atoms with Gasteiger partial charge in [-0.2, -0.15) is 5.10 Å². The number of nitrogens with zero attached hydrogens (tertiary/aromatic N) is 4. The van der Waals surface area contributed by atoms with Crippen LogP contribution in [0.5, 0.6) is 0 Å². The van der Waals surface area contributed by atoms with Gasteiger partial charge < -0.3 is 15.5 Å². The topological polar surface area (TPSA) is 74.6 Å². The molecule has 7 heteroatoms. The molecule has 0 radical (unpaired) electrons. The van der Waals surface area contributed by atoms with Crippen LogP contribution in [0.1, 0.15) is 44.7 Å². The van der Waals surface area contributed by atoms with Gasteiger partial charge in [-0.1, -0.05) is 31.0 Å². The van der Waals surface area contributed by atoms with E-state index in [0.29, 0.717) is 12.5 Å². The van der Waals surface area contributed by atoms with Crippen LogP contribution in [-0.2, 0) is 11.3 Å². The lowest BCUT2D eigenvalue weighted by molar-refractivity contribution is -0.134. The van der Waals surface area contributed by atoms with E-state index in [2.05, 4.69) is 22.7 Å². The van der Waals surface area contributed by atoms with E-state index in [0.717, 1.165) is 56.2 Å². The number of hydrogen-bond donors (Lipinski definition) is 2. The molecule has 0 spiro atoms. The number of aromatic nitrogens is 2. The fourth-order valence-corrected chi connectivity index (χ4v) is 4.35. The molecule has 1 amide bonds. The third-order valence-corrected chi connectivity index (χ3v) is 5.95. The summed E-state index contributed by atoms with van der Waals surface area (Å²) >= 11 is 0. The highest BCUT2D eigenvalue weighted by Crippen LogP contribution is 2.27. The summed E-state index contributed by atoms with van der Waals surface area (Å²) in [5, 5.41) is 11.5. The zero-order valence-electron chi connectivity index (χ0n) is 17.8. The quantitative estimate of drug-likeness (QED) is 0.569. The molecule has 0 bridgehead atoms. The van der Waals surface area contributed by atoms with E-state index in [1.807, 2.05) is 52.2 Å². The van der Waals surface area contributed by atoms with E-state index < -0.39 is 0 Å². The van der Waals surface area contributed by atoms with Gasteiger partial charge in [-0.3, -0.25) is 4.79 Å². The molecule has 160 valence electrons. The Kier molecular flexibility index (Phi) is 6.67. The van der Waals surface area contributed by atoms with Gasteiger partial charge in [0.1, 0.15) is 0 Å². The number of hydrogen-bond acceptors (Lipinski definition) is 3. The van der Waals surface area contributed by atoms with Gasteiger partial charge in [-0.15, -0.1) is 0 Å². The Morgan fingerprint density at radius 2 is 1.97 bits per heavy atom. The molecule has 30 heavy (non-hydrogen) atoms. The van der Waals surface area contributed by atoms with Crippen molar-refractivity contribution < 1.29 is 4.79 Å². The highest BCUT2D eigenvalue weighted by atomic mass is 16.2. The third-order valence-electron chi connectivity index (χ3n) is 5.95. The SMILES string of the molecule is CCNC(=NCc1ccn(-c2ccccc2)n1)NC1CCN(C(=O)C2CCCC2)C1. The molecule has 1 saturated heterocycles. The summed E-state index contributed by atoms with van der Waals surface area (Å²) in [7, 11) is 0. The van der Waals surface area contributed by atoms with E-state index >= 15 is 0 Å². The molecule has 1 saturated carbocycles. The predicted octanol–water partition coefficient (Wildman–Crippen LogP) is 2.72. The first-order chi connectivity index (χ1) is 14.7. The molecular weight excluding hydrogens is 376 g/mol. The zero-order chi connectivity index (χ0) is 20.8. The number of aliphatic imine (C=N–C) groups is 1. The molecule has 2 N–H and O–H groups in total. The number of rotatable bonds is 6. The van der Waals surface area contributed by atoms with Crippen LogP contribution in [0.15, 0.2) is 47.6 Å². The first-order valence-electron chi connectivity index (χ1n) is 11.2. The number of para-hydroxylation sites is 1. The molecule has 2 aliphatic rings. The molecule has 2 aromatic rings. The first-order valence-corrected chi connectivity index (χ1v) is 11.2. The second-order valence-electron chi connectivity index (χ2n) is 8.18. The second kappa shape index (κ2) is 9.78. The van der Waals surface area contributed by atoms with Crippen molar-refractivity contribution in [2.75, 3.05) is 19.6 Å². The Morgan fingerprint density at radius 3 is 2.73 bits per heavy atom. The Morgan fingerprint density at radius 1 is 1.17 bits per heavy atom. The van der Waals surface area contributed by atoms with Crippen molar-refractivity contribution in [3.63, 3.8) is 0 Å². The molecule has 1 aliphatic carbocycles. The summed E-state index contributed by atoms with van der Waals surface area (Å²) in [6.45, 7) is 4.97. The molecule has 1 aromatic carbocycles. The largest absolute Gasteiger partial charge is 0.357 e. The highest BCUT2D eigenvalue weighted by Gasteiger charge is 2.32. The first kappa shape index (κ1) is 20.4. The van der Waals surface area contributed by atoms with Crippen molar-refractivity contribution in [1.29, 1.82) is 0 Å². The van der Waals surface area contributed by atoms with E-state index in [1.165, 1.54) is 12.8 Å². The van der Waals surface area contributed by atoms with Gasteiger partial charge in [0.05, 0.1) is 17.9 Å². The Balaban J connectivity index is 1.33. The van der Waals surface area contributed by atoms with Gasteiger partial charge in [0, 0.05) is 37.8 Å². The van der Waals surface area contributed by atoms with Gasteiger partial charge in [-0.05, 0) is 44.4 Å². The van der Waals surface area contributed by atoms with Crippen LogP contribution in [-0.4, -0.2) is 52.2 Å². The lowest BCUT2D eigenvalue weighted by Crippen LogP contribution is -2.45. The fraction of sp³-hybridized carbons (Fsp3) is 0.522. The van der Waals surface area contributed by atoms with Crippen LogP contribution < -0.4 is 10.6 Å². The second-order valence-corrected chi connectivity index (χ2v) is 8.18. The minimum Gasteiger partial charge on any atom is -0.357 e. The van der Waals surface area contributed by atoms with Crippen LogP contribution in [0.25, 0.3) is 5.69 Å². The molecule has 1 atom stereocenters. The number of benzene rings is 1. The molecule has 4 rings (SSSR count). The summed E-state index contributed by atoms with van der Waals surface area (Å²) in [6, 6.07) is 12.3. The Hall–Kier alpha value is -2.83. The number of carbonyl (C=O) groups excluding carboxylic acids is 1. The minimum atomic E-state index is 0.245. The fourth-order valence-electron chi connectivity index (χ4n) is 4.35. The molecule has 1 aliphatic heterocycles.